The number of rotatable bonds is 9. The van der Waals surface area contributed by atoms with E-state index >= 15 is 0 Å². The second-order valence-corrected chi connectivity index (χ2v) is 5.46. The normalized spacial score (nSPS) is 26.6. The SMILES string of the molecule is C=C1[C@@H](OC)[C@H](OC)[C@@H](COC)O[C@@H]1C(C(=O)OCC)C(=O)OCC. The molecule has 25 heavy (non-hydrogen) atoms. The monoisotopic (exact) mass is 360 g/mol. The van der Waals surface area contributed by atoms with Crippen molar-refractivity contribution >= 4 is 11.9 Å². The predicted octanol–water partition coefficient (Wildman–Crippen LogP) is 0.729. The van der Waals surface area contributed by atoms with Gasteiger partial charge in [-0.3, -0.25) is 9.59 Å². The molecular formula is C17H28O8. The minimum atomic E-state index is -1.29. The molecule has 4 atom stereocenters. The third-order valence-corrected chi connectivity index (χ3v) is 3.96. The predicted molar refractivity (Wildman–Crippen MR) is 88.0 cm³/mol. The van der Waals surface area contributed by atoms with Crippen molar-refractivity contribution in [3.63, 3.8) is 0 Å². The van der Waals surface area contributed by atoms with Crippen LogP contribution in [-0.4, -0.2) is 77.5 Å². The van der Waals surface area contributed by atoms with Gasteiger partial charge in [0, 0.05) is 21.3 Å². The quantitative estimate of drug-likeness (QED) is 0.338. The summed E-state index contributed by atoms with van der Waals surface area (Å²) in [5.74, 6) is -2.75. The Kier molecular flexibility index (Phi) is 9.05. The Labute approximate surface area is 148 Å². The second kappa shape index (κ2) is 10.5. The highest BCUT2D eigenvalue weighted by Crippen LogP contribution is 2.33. The minimum absolute atomic E-state index is 0.129. The Morgan fingerprint density at radius 3 is 2.04 bits per heavy atom. The second-order valence-electron chi connectivity index (χ2n) is 5.46. The number of methoxy groups -OCH3 is 3. The fourth-order valence-corrected chi connectivity index (χ4v) is 2.88. The number of hydrogen-bond donors (Lipinski definition) is 0. The molecule has 8 nitrogen and oxygen atoms in total. The number of carbonyl (C=O) groups excluding carboxylic acids is 2. The highest BCUT2D eigenvalue weighted by Gasteiger charge is 2.49. The van der Waals surface area contributed by atoms with E-state index < -0.39 is 42.3 Å². The highest BCUT2D eigenvalue weighted by molar-refractivity contribution is 5.96. The molecule has 0 amide bonds. The van der Waals surface area contributed by atoms with Crippen molar-refractivity contribution in [2.24, 2.45) is 5.92 Å². The van der Waals surface area contributed by atoms with E-state index in [0.717, 1.165) is 0 Å². The van der Waals surface area contributed by atoms with Crippen LogP contribution < -0.4 is 0 Å². The maximum Gasteiger partial charge on any atom is 0.323 e. The lowest BCUT2D eigenvalue weighted by molar-refractivity contribution is -0.196. The molecule has 1 aliphatic rings. The van der Waals surface area contributed by atoms with Gasteiger partial charge in [0.25, 0.3) is 0 Å². The molecule has 0 aromatic rings. The molecule has 0 saturated carbocycles. The minimum Gasteiger partial charge on any atom is -0.465 e. The first kappa shape index (κ1) is 21.6. The fraction of sp³-hybridized carbons (Fsp3) is 0.765. The average Bonchev–Trinajstić information content (AvgIpc) is 2.57. The molecule has 1 fully saturated rings. The number of ether oxygens (including phenoxy) is 6. The molecule has 0 aromatic heterocycles. The van der Waals surface area contributed by atoms with Gasteiger partial charge in [-0.25, -0.2) is 0 Å². The van der Waals surface area contributed by atoms with Crippen molar-refractivity contribution in [1.82, 2.24) is 0 Å². The molecule has 0 spiro atoms. The smallest absolute Gasteiger partial charge is 0.323 e. The summed E-state index contributed by atoms with van der Waals surface area (Å²) in [6.45, 7) is 7.72. The largest absolute Gasteiger partial charge is 0.465 e. The van der Waals surface area contributed by atoms with Gasteiger partial charge in [0.15, 0.2) is 5.92 Å². The maximum atomic E-state index is 12.4. The van der Waals surface area contributed by atoms with E-state index in [1.807, 2.05) is 0 Å². The maximum absolute atomic E-state index is 12.4. The first-order valence-electron chi connectivity index (χ1n) is 8.18. The zero-order chi connectivity index (χ0) is 19.0. The molecule has 0 N–H and O–H groups in total. The molecule has 1 aliphatic heterocycles. The van der Waals surface area contributed by atoms with E-state index in [4.69, 9.17) is 28.4 Å². The van der Waals surface area contributed by atoms with Crippen LogP contribution in [0.25, 0.3) is 0 Å². The summed E-state index contributed by atoms with van der Waals surface area (Å²) in [4.78, 5) is 24.7. The molecule has 0 aliphatic carbocycles. The van der Waals surface area contributed by atoms with Crippen molar-refractivity contribution in [3.05, 3.63) is 12.2 Å². The van der Waals surface area contributed by atoms with Crippen LogP contribution in [0.2, 0.25) is 0 Å². The third kappa shape index (κ3) is 5.01. The van der Waals surface area contributed by atoms with Crippen LogP contribution in [0.3, 0.4) is 0 Å². The van der Waals surface area contributed by atoms with Crippen LogP contribution in [-0.2, 0) is 38.0 Å². The molecular weight excluding hydrogens is 332 g/mol. The van der Waals surface area contributed by atoms with E-state index in [0.29, 0.717) is 5.57 Å². The van der Waals surface area contributed by atoms with Crippen LogP contribution in [0.4, 0.5) is 0 Å². The van der Waals surface area contributed by atoms with Gasteiger partial charge in [-0.2, -0.15) is 0 Å². The summed E-state index contributed by atoms with van der Waals surface area (Å²) in [6, 6.07) is 0. The highest BCUT2D eigenvalue weighted by atomic mass is 16.6. The first-order valence-corrected chi connectivity index (χ1v) is 8.18. The summed E-state index contributed by atoms with van der Waals surface area (Å²) in [6.07, 6.45) is -2.58. The van der Waals surface area contributed by atoms with Crippen LogP contribution in [0.5, 0.6) is 0 Å². The standard InChI is InChI=1S/C17H28O8/c1-7-23-16(18)12(17(19)24-8-2)13-10(3)14(21-5)15(22-6)11(25-13)9-20-4/h11-15H,3,7-9H2,1-2,4-6H3/t11-,13+,14-,15-/m1/s1. The molecule has 8 heteroatoms. The summed E-state index contributed by atoms with van der Waals surface area (Å²) in [5.41, 5.74) is 0.410. The van der Waals surface area contributed by atoms with Crippen LogP contribution in [0, 0.1) is 5.92 Å². The van der Waals surface area contributed by atoms with E-state index in [2.05, 4.69) is 6.58 Å². The van der Waals surface area contributed by atoms with E-state index in [1.54, 1.807) is 13.8 Å². The van der Waals surface area contributed by atoms with E-state index in [9.17, 15) is 9.59 Å². The summed E-state index contributed by atoms with van der Waals surface area (Å²) < 4.78 is 32.1. The van der Waals surface area contributed by atoms with Crippen molar-refractivity contribution in [2.75, 3.05) is 41.2 Å². The number of esters is 2. The van der Waals surface area contributed by atoms with E-state index in [1.165, 1.54) is 21.3 Å². The van der Waals surface area contributed by atoms with Crippen molar-refractivity contribution < 1.29 is 38.0 Å². The lowest BCUT2D eigenvalue weighted by Crippen LogP contribution is -2.57. The Balaban J connectivity index is 3.19. The van der Waals surface area contributed by atoms with Gasteiger partial charge in [-0.05, 0) is 19.4 Å². The van der Waals surface area contributed by atoms with Crippen molar-refractivity contribution in [3.8, 4) is 0 Å². The van der Waals surface area contributed by atoms with Crippen molar-refractivity contribution in [2.45, 2.75) is 38.3 Å². The Morgan fingerprint density at radius 2 is 1.64 bits per heavy atom. The molecule has 0 radical (unpaired) electrons. The van der Waals surface area contributed by atoms with Gasteiger partial charge < -0.3 is 28.4 Å². The lowest BCUT2D eigenvalue weighted by atomic mass is 9.86. The molecule has 1 rings (SSSR count). The van der Waals surface area contributed by atoms with Gasteiger partial charge in [0.1, 0.15) is 24.4 Å². The molecule has 1 saturated heterocycles. The number of carbonyl (C=O) groups is 2. The van der Waals surface area contributed by atoms with Crippen LogP contribution in [0.15, 0.2) is 12.2 Å². The van der Waals surface area contributed by atoms with Crippen molar-refractivity contribution in [1.29, 1.82) is 0 Å². The third-order valence-electron chi connectivity index (χ3n) is 3.96. The molecule has 0 unspecified atom stereocenters. The van der Waals surface area contributed by atoms with Crippen LogP contribution >= 0.6 is 0 Å². The topological polar surface area (TPSA) is 89.5 Å². The number of hydrogen-bond acceptors (Lipinski definition) is 8. The molecule has 0 aromatic carbocycles. The zero-order valence-corrected chi connectivity index (χ0v) is 15.5. The summed E-state index contributed by atoms with van der Waals surface area (Å²) >= 11 is 0. The summed E-state index contributed by atoms with van der Waals surface area (Å²) in [5, 5.41) is 0. The summed E-state index contributed by atoms with van der Waals surface area (Å²) in [7, 11) is 4.53. The Hall–Kier alpha value is -1.48. The molecule has 1 heterocycles. The van der Waals surface area contributed by atoms with Gasteiger partial charge in [0.05, 0.1) is 19.8 Å². The first-order chi connectivity index (χ1) is 12.0. The lowest BCUT2D eigenvalue weighted by Gasteiger charge is -2.43. The molecule has 144 valence electrons. The van der Waals surface area contributed by atoms with Gasteiger partial charge in [-0.1, -0.05) is 6.58 Å². The average molecular weight is 360 g/mol. The van der Waals surface area contributed by atoms with E-state index in [-0.39, 0.29) is 19.8 Å². The van der Waals surface area contributed by atoms with Gasteiger partial charge >= 0.3 is 11.9 Å². The zero-order valence-electron chi connectivity index (χ0n) is 15.5. The van der Waals surface area contributed by atoms with Crippen LogP contribution in [0.1, 0.15) is 13.8 Å². The molecule has 0 bridgehead atoms. The van der Waals surface area contributed by atoms with Gasteiger partial charge in [0.2, 0.25) is 0 Å². The fourth-order valence-electron chi connectivity index (χ4n) is 2.88. The Morgan fingerprint density at radius 1 is 1.08 bits per heavy atom. The van der Waals surface area contributed by atoms with Gasteiger partial charge in [-0.15, -0.1) is 0 Å². The Bertz CT molecular complexity index is 446.